The molecule has 0 bridgehead atoms. The highest BCUT2D eigenvalue weighted by Crippen LogP contribution is 2.24. The summed E-state index contributed by atoms with van der Waals surface area (Å²) in [6.07, 6.45) is 2.92. The molecule has 0 spiro atoms. The Balaban J connectivity index is 3.06. The minimum atomic E-state index is 0.738. The van der Waals surface area contributed by atoms with Crippen molar-refractivity contribution in [1.29, 1.82) is 0 Å². The SMILES string of the molecule is CCCC(N)=Nc1c(C)cccc1CC. The second-order valence-corrected chi connectivity index (χ2v) is 3.79. The number of hydrogen-bond donors (Lipinski definition) is 1. The van der Waals surface area contributed by atoms with Crippen molar-refractivity contribution in [3.63, 3.8) is 0 Å². The maximum atomic E-state index is 5.86. The van der Waals surface area contributed by atoms with Gasteiger partial charge in [0, 0.05) is 6.42 Å². The molecule has 0 unspecified atom stereocenters. The third-order valence-corrected chi connectivity index (χ3v) is 2.46. The van der Waals surface area contributed by atoms with Gasteiger partial charge in [-0.15, -0.1) is 0 Å². The first-order chi connectivity index (χ1) is 7.19. The highest BCUT2D eigenvalue weighted by atomic mass is 14.9. The molecule has 0 aliphatic carbocycles. The van der Waals surface area contributed by atoms with Gasteiger partial charge in [-0.05, 0) is 30.9 Å². The van der Waals surface area contributed by atoms with Gasteiger partial charge in [0.05, 0.1) is 11.5 Å². The number of aryl methyl sites for hydroxylation is 2. The first-order valence-electron chi connectivity index (χ1n) is 5.60. The van der Waals surface area contributed by atoms with Crippen molar-refractivity contribution in [1.82, 2.24) is 0 Å². The average Bonchev–Trinajstić information content (AvgIpc) is 2.21. The molecule has 1 rings (SSSR count). The van der Waals surface area contributed by atoms with E-state index >= 15 is 0 Å². The fraction of sp³-hybridized carbons (Fsp3) is 0.462. The highest BCUT2D eigenvalue weighted by Gasteiger charge is 2.03. The van der Waals surface area contributed by atoms with Crippen LogP contribution in [0.2, 0.25) is 0 Å². The fourth-order valence-corrected chi connectivity index (χ4v) is 1.62. The van der Waals surface area contributed by atoms with Crippen molar-refractivity contribution in [3.8, 4) is 0 Å². The van der Waals surface area contributed by atoms with Crippen LogP contribution in [0.1, 0.15) is 37.8 Å². The van der Waals surface area contributed by atoms with Crippen molar-refractivity contribution in [2.45, 2.75) is 40.0 Å². The summed E-state index contributed by atoms with van der Waals surface area (Å²) in [5.74, 6) is 0.738. The molecule has 1 aromatic rings. The van der Waals surface area contributed by atoms with Gasteiger partial charge in [0.2, 0.25) is 0 Å². The lowest BCUT2D eigenvalue weighted by Crippen LogP contribution is -2.10. The van der Waals surface area contributed by atoms with Crippen LogP contribution in [0.3, 0.4) is 0 Å². The molecule has 0 saturated carbocycles. The van der Waals surface area contributed by atoms with Crippen molar-refractivity contribution in [2.75, 3.05) is 0 Å². The maximum absolute atomic E-state index is 5.86. The van der Waals surface area contributed by atoms with Crippen LogP contribution >= 0.6 is 0 Å². The monoisotopic (exact) mass is 204 g/mol. The molecule has 0 aromatic heterocycles. The zero-order chi connectivity index (χ0) is 11.3. The maximum Gasteiger partial charge on any atom is 0.0996 e. The summed E-state index contributed by atoms with van der Waals surface area (Å²) in [5, 5.41) is 0. The number of hydrogen-bond acceptors (Lipinski definition) is 1. The summed E-state index contributed by atoms with van der Waals surface area (Å²) >= 11 is 0. The van der Waals surface area contributed by atoms with Gasteiger partial charge < -0.3 is 5.73 Å². The number of para-hydroxylation sites is 1. The Morgan fingerprint density at radius 1 is 1.33 bits per heavy atom. The van der Waals surface area contributed by atoms with Crippen LogP contribution in [-0.2, 0) is 6.42 Å². The molecule has 15 heavy (non-hydrogen) atoms. The summed E-state index contributed by atoms with van der Waals surface area (Å²) in [6.45, 7) is 6.34. The van der Waals surface area contributed by atoms with Gasteiger partial charge in [-0.1, -0.05) is 32.0 Å². The van der Waals surface area contributed by atoms with E-state index < -0.39 is 0 Å². The van der Waals surface area contributed by atoms with E-state index in [4.69, 9.17) is 5.73 Å². The van der Waals surface area contributed by atoms with Gasteiger partial charge in [0.15, 0.2) is 0 Å². The quantitative estimate of drug-likeness (QED) is 0.593. The molecular weight excluding hydrogens is 184 g/mol. The van der Waals surface area contributed by atoms with Crippen molar-refractivity contribution < 1.29 is 0 Å². The molecule has 0 aliphatic rings. The Bertz CT molecular complexity index is 354. The third kappa shape index (κ3) is 3.08. The normalized spacial score (nSPS) is 11.8. The van der Waals surface area contributed by atoms with Gasteiger partial charge in [0.1, 0.15) is 0 Å². The van der Waals surface area contributed by atoms with E-state index in [0.29, 0.717) is 0 Å². The van der Waals surface area contributed by atoms with Crippen molar-refractivity contribution in [3.05, 3.63) is 29.3 Å². The van der Waals surface area contributed by atoms with Crippen LogP contribution in [0.25, 0.3) is 0 Å². The summed E-state index contributed by atoms with van der Waals surface area (Å²) < 4.78 is 0. The molecule has 0 radical (unpaired) electrons. The molecule has 0 amide bonds. The number of rotatable bonds is 4. The Morgan fingerprint density at radius 3 is 2.67 bits per heavy atom. The topological polar surface area (TPSA) is 38.4 Å². The molecule has 1 aromatic carbocycles. The van der Waals surface area contributed by atoms with E-state index in [0.717, 1.165) is 30.8 Å². The second kappa shape index (κ2) is 5.54. The predicted molar refractivity (Wildman–Crippen MR) is 66.7 cm³/mol. The lowest BCUT2D eigenvalue weighted by molar-refractivity contribution is 0.981. The smallest absolute Gasteiger partial charge is 0.0996 e. The molecule has 82 valence electrons. The zero-order valence-corrected chi connectivity index (χ0v) is 9.88. The van der Waals surface area contributed by atoms with Crippen LogP contribution in [0.4, 0.5) is 5.69 Å². The summed E-state index contributed by atoms with van der Waals surface area (Å²) in [5.41, 5.74) is 9.39. The molecule has 0 fully saturated rings. The van der Waals surface area contributed by atoms with E-state index in [-0.39, 0.29) is 0 Å². The van der Waals surface area contributed by atoms with Crippen LogP contribution in [0.15, 0.2) is 23.2 Å². The number of amidine groups is 1. The fourth-order valence-electron chi connectivity index (χ4n) is 1.62. The lowest BCUT2D eigenvalue weighted by Gasteiger charge is -2.07. The average molecular weight is 204 g/mol. The Morgan fingerprint density at radius 2 is 2.07 bits per heavy atom. The summed E-state index contributed by atoms with van der Waals surface area (Å²) in [7, 11) is 0. The molecule has 0 heterocycles. The van der Waals surface area contributed by atoms with Gasteiger partial charge in [-0.3, -0.25) is 0 Å². The highest BCUT2D eigenvalue weighted by molar-refractivity contribution is 5.84. The Hall–Kier alpha value is -1.31. The number of nitrogens with zero attached hydrogens (tertiary/aromatic N) is 1. The van der Waals surface area contributed by atoms with Crippen LogP contribution in [-0.4, -0.2) is 5.84 Å². The van der Waals surface area contributed by atoms with Crippen LogP contribution in [0.5, 0.6) is 0 Å². The molecule has 2 N–H and O–H groups in total. The largest absolute Gasteiger partial charge is 0.387 e. The van der Waals surface area contributed by atoms with Gasteiger partial charge in [0.25, 0.3) is 0 Å². The molecular formula is C13H20N2. The van der Waals surface area contributed by atoms with Crippen molar-refractivity contribution >= 4 is 11.5 Å². The molecule has 2 heteroatoms. The van der Waals surface area contributed by atoms with Crippen LogP contribution < -0.4 is 5.73 Å². The van der Waals surface area contributed by atoms with Gasteiger partial charge in [-0.2, -0.15) is 0 Å². The molecule has 2 nitrogen and oxygen atoms in total. The molecule has 0 atom stereocenters. The van der Waals surface area contributed by atoms with E-state index in [1.54, 1.807) is 0 Å². The number of benzene rings is 1. The minimum Gasteiger partial charge on any atom is -0.387 e. The first-order valence-corrected chi connectivity index (χ1v) is 5.60. The standard InChI is InChI=1S/C13H20N2/c1-4-7-12(14)15-13-10(3)8-6-9-11(13)5-2/h6,8-9H,4-5,7H2,1-3H3,(H2,14,15). The van der Waals surface area contributed by atoms with Gasteiger partial charge >= 0.3 is 0 Å². The number of aliphatic imine (C=N–C) groups is 1. The first kappa shape index (κ1) is 11.8. The Kier molecular flexibility index (Phi) is 4.35. The molecule has 0 saturated heterocycles. The predicted octanol–water partition coefficient (Wildman–Crippen LogP) is 3.35. The van der Waals surface area contributed by atoms with Crippen molar-refractivity contribution in [2.24, 2.45) is 10.7 Å². The third-order valence-electron chi connectivity index (χ3n) is 2.46. The molecule has 0 aliphatic heterocycles. The van der Waals surface area contributed by atoms with Crippen LogP contribution in [0, 0.1) is 6.92 Å². The van der Waals surface area contributed by atoms with Gasteiger partial charge in [-0.25, -0.2) is 4.99 Å². The summed E-state index contributed by atoms with van der Waals surface area (Å²) in [4.78, 5) is 4.51. The second-order valence-electron chi connectivity index (χ2n) is 3.79. The van der Waals surface area contributed by atoms with E-state index in [2.05, 4.69) is 44.0 Å². The zero-order valence-electron chi connectivity index (χ0n) is 9.88. The Labute approximate surface area is 92.2 Å². The van der Waals surface area contributed by atoms with E-state index in [1.165, 1.54) is 11.1 Å². The minimum absolute atomic E-state index is 0.738. The summed E-state index contributed by atoms with van der Waals surface area (Å²) in [6, 6.07) is 6.27. The lowest BCUT2D eigenvalue weighted by atomic mass is 10.1. The van der Waals surface area contributed by atoms with E-state index in [1.807, 2.05) is 0 Å². The van der Waals surface area contributed by atoms with E-state index in [9.17, 15) is 0 Å². The number of nitrogens with two attached hydrogens (primary N) is 1.